The number of hydrogen-bond donors (Lipinski definition) is 3. The Balaban J connectivity index is 1.64. The minimum absolute atomic E-state index is 0.0268. The van der Waals surface area contributed by atoms with Gasteiger partial charge in [0.15, 0.2) is 0 Å². The number of nitrogens with two attached hydrogens (primary N) is 1. The Hall–Kier alpha value is -4.20. The number of nitrogens with zero attached hydrogens (tertiary/aromatic N) is 5. The van der Waals surface area contributed by atoms with Crippen molar-refractivity contribution in [2.24, 2.45) is 0 Å². The molecule has 11 nitrogen and oxygen atoms in total. The van der Waals surface area contributed by atoms with Crippen LogP contribution in [0.5, 0.6) is 0 Å². The highest BCUT2D eigenvalue weighted by atomic mass is 32.2. The van der Waals surface area contributed by atoms with Crippen molar-refractivity contribution < 1.29 is 13.2 Å². The summed E-state index contributed by atoms with van der Waals surface area (Å²) in [4.78, 5) is 24.4. The minimum atomic E-state index is -3.92. The molecule has 0 bridgehead atoms. The van der Waals surface area contributed by atoms with Crippen LogP contribution in [0.25, 0.3) is 0 Å². The highest BCUT2D eigenvalue weighted by molar-refractivity contribution is 8.00. The molecule has 0 radical (unpaired) electrons. The number of nitrogens with one attached hydrogen (secondary N) is 2. The number of nitrogen functional groups attached to an aromatic ring is 1. The van der Waals surface area contributed by atoms with E-state index in [2.05, 4.69) is 25.0 Å². The number of carbonyl (C=O) groups is 1. The molecular weight excluding hydrogens is 476 g/mol. The molecule has 0 unspecified atom stereocenters. The minimum Gasteiger partial charge on any atom is -0.383 e. The second-order valence-electron chi connectivity index (χ2n) is 6.94. The van der Waals surface area contributed by atoms with Gasteiger partial charge in [0.2, 0.25) is 11.9 Å². The van der Waals surface area contributed by atoms with Gasteiger partial charge in [0.05, 0.1) is 21.8 Å². The highest BCUT2D eigenvalue weighted by Gasteiger charge is 2.17. The molecule has 0 spiro atoms. The molecule has 3 rings (SSSR count). The molecule has 0 atom stereocenters. The predicted molar refractivity (Wildman–Crippen MR) is 126 cm³/mol. The summed E-state index contributed by atoms with van der Waals surface area (Å²) in [5, 5.41) is 21.1. The van der Waals surface area contributed by atoms with Crippen LogP contribution in [-0.2, 0) is 14.8 Å². The van der Waals surface area contributed by atoms with E-state index >= 15 is 0 Å². The van der Waals surface area contributed by atoms with Gasteiger partial charge < -0.3 is 11.1 Å². The van der Waals surface area contributed by atoms with E-state index in [1.54, 1.807) is 19.9 Å². The van der Waals surface area contributed by atoms with E-state index in [9.17, 15) is 18.5 Å². The maximum Gasteiger partial charge on any atom is 0.264 e. The third-order valence-corrected chi connectivity index (χ3v) is 6.59. The number of aryl methyl sites for hydroxylation is 2. The van der Waals surface area contributed by atoms with Crippen molar-refractivity contribution in [3.05, 3.63) is 58.9 Å². The average Bonchev–Trinajstić information content (AvgIpc) is 2.77. The van der Waals surface area contributed by atoms with E-state index < -0.39 is 15.9 Å². The summed E-state index contributed by atoms with van der Waals surface area (Å²) in [6, 6.07) is 12.4. The molecule has 172 valence electrons. The average molecular weight is 495 g/mol. The lowest BCUT2D eigenvalue weighted by Gasteiger charge is -2.10. The summed E-state index contributed by atoms with van der Waals surface area (Å²) in [5.74, 6) is -0.545. The number of thioether (sulfide) groups is 1. The van der Waals surface area contributed by atoms with Crippen molar-refractivity contribution in [1.82, 2.24) is 15.0 Å². The first kappa shape index (κ1) is 24.4. The van der Waals surface area contributed by atoms with Crippen LogP contribution < -0.4 is 15.8 Å². The molecule has 34 heavy (non-hydrogen) atoms. The van der Waals surface area contributed by atoms with Gasteiger partial charge in [-0.15, -0.1) is 0 Å². The Morgan fingerprint density at radius 2 is 1.65 bits per heavy atom. The van der Waals surface area contributed by atoms with Crippen LogP contribution in [0.4, 0.5) is 17.5 Å². The van der Waals surface area contributed by atoms with Crippen molar-refractivity contribution in [2.75, 3.05) is 21.5 Å². The molecule has 1 aromatic carbocycles. The number of nitriles is 2. The molecule has 3 aromatic rings. The van der Waals surface area contributed by atoms with Crippen LogP contribution in [0.3, 0.4) is 0 Å². The molecule has 1 amide bonds. The number of pyridine rings is 1. The molecule has 0 fully saturated rings. The topological polar surface area (TPSA) is 188 Å². The maximum absolute atomic E-state index is 12.6. The van der Waals surface area contributed by atoms with Crippen LogP contribution in [0.1, 0.15) is 22.5 Å². The van der Waals surface area contributed by atoms with Crippen molar-refractivity contribution in [2.45, 2.75) is 23.8 Å². The van der Waals surface area contributed by atoms with Gasteiger partial charge >= 0.3 is 0 Å². The number of aromatic nitrogens is 3. The molecule has 0 aliphatic carbocycles. The lowest BCUT2D eigenvalue weighted by molar-refractivity contribution is -0.113. The molecule has 0 saturated heterocycles. The van der Waals surface area contributed by atoms with E-state index in [0.717, 1.165) is 11.8 Å². The quantitative estimate of drug-likeness (QED) is 0.411. The zero-order chi connectivity index (χ0) is 24.9. The molecular formula is C21H18N8O3S2. The predicted octanol–water partition coefficient (Wildman–Crippen LogP) is 2.35. The Morgan fingerprint density at radius 1 is 1.03 bits per heavy atom. The van der Waals surface area contributed by atoms with E-state index in [-0.39, 0.29) is 38.6 Å². The molecule has 0 aliphatic rings. The Morgan fingerprint density at radius 3 is 2.24 bits per heavy atom. The van der Waals surface area contributed by atoms with Crippen molar-refractivity contribution in [3.63, 3.8) is 0 Å². The van der Waals surface area contributed by atoms with Crippen molar-refractivity contribution >= 4 is 45.1 Å². The monoisotopic (exact) mass is 494 g/mol. The number of amides is 1. The fourth-order valence-electron chi connectivity index (χ4n) is 2.79. The van der Waals surface area contributed by atoms with Crippen LogP contribution in [0.15, 0.2) is 46.3 Å². The zero-order valence-corrected chi connectivity index (χ0v) is 19.7. The van der Waals surface area contributed by atoms with Crippen LogP contribution in [-0.4, -0.2) is 35.0 Å². The van der Waals surface area contributed by atoms with Gasteiger partial charge in [-0.2, -0.15) is 10.5 Å². The summed E-state index contributed by atoms with van der Waals surface area (Å²) >= 11 is 0.988. The normalized spacial score (nSPS) is 10.7. The standard InChI is InChI=1S/C21H18N8O3S2/c1-12-7-13(2)26-21(25-12)29-34(31,32)17-5-3-16(4-6-17)27-18(30)11-33-20-15(10-23)8-14(9-22)19(24)28-20/h3-8H,11H2,1-2H3,(H2,24,28)(H,27,30)(H,25,26,29). The van der Waals surface area contributed by atoms with Crippen LogP contribution in [0, 0.1) is 36.5 Å². The third-order valence-electron chi connectivity index (χ3n) is 4.25. The highest BCUT2D eigenvalue weighted by Crippen LogP contribution is 2.24. The summed E-state index contributed by atoms with van der Waals surface area (Å²) in [6.45, 7) is 3.46. The number of carbonyl (C=O) groups excluding carboxylic acids is 1. The van der Waals surface area contributed by atoms with Crippen LogP contribution in [0.2, 0.25) is 0 Å². The van der Waals surface area contributed by atoms with E-state index in [4.69, 9.17) is 11.0 Å². The Labute approximate surface area is 200 Å². The fraction of sp³-hybridized carbons (Fsp3) is 0.143. The lowest BCUT2D eigenvalue weighted by atomic mass is 10.2. The van der Waals surface area contributed by atoms with Gasteiger partial charge in [-0.1, -0.05) is 11.8 Å². The van der Waals surface area contributed by atoms with E-state index in [1.165, 1.54) is 30.3 Å². The number of benzene rings is 1. The Bertz CT molecular complexity index is 1420. The number of rotatable bonds is 7. The summed E-state index contributed by atoms with van der Waals surface area (Å²) in [7, 11) is -3.92. The first-order valence-corrected chi connectivity index (χ1v) is 12.1. The number of anilines is 3. The molecule has 2 heterocycles. The number of sulfonamides is 1. The summed E-state index contributed by atoms with van der Waals surface area (Å²) in [5.41, 5.74) is 7.53. The first-order valence-electron chi connectivity index (χ1n) is 9.60. The van der Waals surface area contributed by atoms with Gasteiger partial charge in [-0.25, -0.2) is 28.1 Å². The molecule has 4 N–H and O–H groups in total. The van der Waals surface area contributed by atoms with Crippen LogP contribution >= 0.6 is 11.8 Å². The van der Waals surface area contributed by atoms with Gasteiger partial charge in [0.25, 0.3) is 10.0 Å². The lowest BCUT2D eigenvalue weighted by Crippen LogP contribution is -2.16. The smallest absolute Gasteiger partial charge is 0.264 e. The zero-order valence-electron chi connectivity index (χ0n) is 18.0. The second kappa shape index (κ2) is 10.2. The Kier molecular flexibility index (Phi) is 7.31. The van der Waals surface area contributed by atoms with Gasteiger partial charge in [0.1, 0.15) is 23.0 Å². The SMILES string of the molecule is Cc1cc(C)nc(NS(=O)(=O)c2ccc(NC(=O)CSc3nc(N)c(C#N)cc3C#N)cc2)n1. The fourth-order valence-corrected chi connectivity index (χ4v) is 4.50. The van der Waals surface area contributed by atoms with Crippen molar-refractivity contribution in [1.29, 1.82) is 10.5 Å². The third kappa shape index (κ3) is 5.98. The van der Waals surface area contributed by atoms with E-state index in [1.807, 2.05) is 12.1 Å². The largest absolute Gasteiger partial charge is 0.383 e. The summed E-state index contributed by atoms with van der Waals surface area (Å²) < 4.78 is 27.5. The van der Waals surface area contributed by atoms with Gasteiger partial charge in [-0.3, -0.25) is 4.79 Å². The molecule has 2 aromatic heterocycles. The first-order chi connectivity index (χ1) is 16.1. The van der Waals surface area contributed by atoms with E-state index in [0.29, 0.717) is 17.1 Å². The second-order valence-corrected chi connectivity index (χ2v) is 9.58. The molecule has 0 aliphatic heterocycles. The maximum atomic E-state index is 12.6. The van der Waals surface area contributed by atoms with Gasteiger partial charge in [0, 0.05) is 17.1 Å². The summed E-state index contributed by atoms with van der Waals surface area (Å²) in [6.07, 6.45) is 0. The van der Waals surface area contributed by atoms with Gasteiger partial charge in [-0.05, 0) is 50.2 Å². The van der Waals surface area contributed by atoms with Crippen molar-refractivity contribution in [3.8, 4) is 12.1 Å². The molecule has 0 saturated carbocycles. The number of hydrogen-bond acceptors (Lipinski definition) is 10. The molecule has 13 heteroatoms.